The predicted molar refractivity (Wildman–Crippen MR) is 99.5 cm³/mol. The minimum absolute atomic E-state index is 0.00550. The fourth-order valence-electron chi connectivity index (χ4n) is 3.20. The van der Waals surface area contributed by atoms with Gasteiger partial charge in [-0.1, -0.05) is 11.6 Å². The van der Waals surface area contributed by atoms with Crippen molar-refractivity contribution in [3.05, 3.63) is 28.8 Å². The van der Waals surface area contributed by atoms with Crippen LogP contribution in [0.5, 0.6) is 0 Å². The Labute approximate surface area is 167 Å². The van der Waals surface area contributed by atoms with Gasteiger partial charge in [0.05, 0.1) is 16.5 Å². The first kappa shape index (κ1) is 22.9. The summed E-state index contributed by atoms with van der Waals surface area (Å²) in [6.07, 6.45) is -2.87. The van der Waals surface area contributed by atoms with Gasteiger partial charge in [0.1, 0.15) is 0 Å². The van der Waals surface area contributed by atoms with Crippen molar-refractivity contribution in [1.29, 1.82) is 0 Å². The van der Waals surface area contributed by atoms with Crippen molar-refractivity contribution in [3.8, 4) is 0 Å². The zero-order valence-electron chi connectivity index (χ0n) is 15.6. The highest BCUT2D eigenvalue weighted by molar-refractivity contribution is 7.89. The lowest BCUT2D eigenvalue weighted by molar-refractivity contribution is -0.140. The van der Waals surface area contributed by atoms with E-state index in [1.54, 1.807) is 14.1 Å². The molecule has 1 fully saturated rings. The molecule has 1 amide bonds. The topological polar surface area (TPSA) is 69.7 Å². The Kier molecular flexibility index (Phi) is 7.35. The first-order valence-corrected chi connectivity index (χ1v) is 10.6. The number of nitrogens with one attached hydrogen (secondary N) is 1. The Morgan fingerprint density at radius 1 is 1.36 bits per heavy atom. The highest BCUT2D eigenvalue weighted by Crippen LogP contribution is 2.35. The molecule has 0 bridgehead atoms. The van der Waals surface area contributed by atoms with Gasteiger partial charge in [-0.25, -0.2) is 13.1 Å². The molecule has 1 aliphatic rings. The summed E-state index contributed by atoms with van der Waals surface area (Å²) in [4.78, 5) is 14.8. The molecule has 1 unspecified atom stereocenters. The van der Waals surface area contributed by atoms with E-state index >= 15 is 0 Å². The molecule has 1 saturated heterocycles. The molecular formula is C17H23ClF3N3O3S. The quantitative estimate of drug-likeness (QED) is 0.660. The van der Waals surface area contributed by atoms with Crippen LogP contribution < -0.4 is 4.72 Å². The maximum Gasteiger partial charge on any atom is 0.417 e. The normalized spacial score (nSPS) is 18.4. The lowest BCUT2D eigenvalue weighted by atomic mass is 10.2. The van der Waals surface area contributed by atoms with Crippen molar-refractivity contribution in [2.24, 2.45) is 0 Å². The second kappa shape index (κ2) is 8.98. The van der Waals surface area contributed by atoms with Crippen LogP contribution in [0.25, 0.3) is 0 Å². The van der Waals surface area contributed by atoms with Gasteiger partial charge in [-0.15, -0.1) is 0 Å². The van der Waals surface area contributed by atoms with Crippen molar-refractivity contribution >= 4 is 27.5 Å². The Morgan fingerprint density at radius 3 is 2.64 bits per heavy atom. The summed E-state index contributed by atoms with van der Waals surface area (Å²) >= 11 is 5.58. The molecule has 6 nitrogen and oxygen atoms in total. The fourth-order valence-corrected chi connectivity index (χ4v) is 4.65. The smallest absolute Gasteiger partial charge is 0.347 e. The van der Waals surface area contributed by atoms with Gasteiger partial charge in [0.25, 0.3) is 0 Å². The van der Waals surface area contributed by atoms with E-state index in [9.17, 15) is 26.4 Å². The van der Waals surface area contributed by atoms with Crippen molar-refractivity contribution in [3.63, 3.8) is 0 Å². The number of amides is 1. The Bertz CT molecular complexity index is 816. The standard InChI is InChI=1S/C17H23ClF3N3O3S/c1-23(2)16(25)14-5-3-9-24(14)10-4-8-22-28(26,27)15-7-6-12(18)11-13(15)17(19,20)21/h6-7,11,14,22H,3-5,8-10H2,1-2H3. The molecule has 0 aliphatic carbocycles. The maximum absolute atomic E-state index is 13.1. The SMILES string of the molecule is CN(C)C(=O)C1CCCN1CCCNS(=O)(=O)c1ccc(Cl)cc1C(F)(F)F. The molecule has 0 spiro atoms. The molecule has 28 heavy (non-hydrogen) atoms. The van der Waals surface area contributed by atoms with Gasteiger partial charge < -0.3 is 4.90 Å². The number of likely N-dealkylation sites (tertiary alicyclic amines) is 1. The zero-order valence-corrected chi connectivity index (χ0v) is 17.2. The number of hydrogen-bond acceptors (Lipinski definition) is 4. The molecule has 11 heteroatoms. The highest BCUT2D eigenvalue weighted by atomic mass is 35.5. The van der Waals surface area contributed by atoms with Gasteiger partial charge in [0.15, 0.2) is 0 Å². The predicted octanol–water partition coefficient (Wildman–Crippen LogP) is 2.58. The van der Waals surface area contributed by atoms with E-state index in [-0.39, 0.29) is 23.5 Å². The van der Waals surface area contributed by atoms with E-state index in [1.165, 1.54) is 4.90 Å². The molecule has 1 aromatic carbocycles. The molecule has 0 saturated carbocycles. The number of carbonyl (C=O) groups excluding carboxylic acids is 1. The van der Waals surface area contributed by atoms with Crippen LogP contribution in [0.3, 0.4) is 0 Å². The summed E-state index contributed by atoms with van der Waals surface area (Å²) in [6, 6.07) is 2.31. The van der Waals surface area contributed by atoms with Crippen LogP contribution in [0.2, 0.25) is 5.02 Å². The minimum atomic E-state index is -4.84. The number of sulfonamides is 1. The lowest BCUT2D eigenvalue weighted by Gasteiger charge is -2.26. The van der Waals surface area contributed by atoms with E-state index < -0.39 is 26.7 Å². The van der Waals surface area contributed by atoms with Crippen LogP contribution in [0.1, 0.15) is 24.8 Å². The molecule has 1 N–H and O–H groups in total. The molecule has 2 rings (SSSR count). The van der Waals surface area contributed by atoms with E-state index in [1.807, 2.05) is 4.90 Å². The molecule has 1 aromatic rings. The summed E-state index contributed by atoms with van der Waals surface area (Å²) in [6.45, 7) is 1.16. The Hall–Kier alpha value is -1.36. The number of rotatable bonds is 7. The molecule has 1 atom stereocenters. The number of likely N-dealkylation sites (N-methyl/N-ethyl adjacent to an activating group) is 1. The van der Waals surface area contributed by atoms with Gasteiger partial charge >= 0.3 is 6.18 Å². The van der Waals surface area contributed by atoms with Gasteiger partial charge in [-0.05, 0) is 44.0 Å². The molecule has 0 radical (unpaired) electrons. The van der Waals surface area contributed by atoms with Gasteiger partial charge in [0, 0.05) is 32.2 Å². The van der Waals surface area contributed by atoms with Crippen LogP contribution in [0.4, 0.5) is 13.2 Å². The summed E-state index contributed by atoms with van der Waals surface area (Å²) in [5.74, 6) is -0.00550. The summed E-state index contributed by atoms with van der Waals surface area (Å²) < 4.78 is 66.3. The van der Waals surface area contributed by atoms with Gasteiger partial charge in [0.2, 0.25) is 15.9 Å². The average molecular weight is 442 g/mol. The fraction of sp³-hybridized carbons (Fsp3) is 0.588. The number of benzene rings is 1. The van der Waals surface area contributed by atoms with Gasteiger partial charge in [-0.2, -0.15) is 13.2 Å². The summed E-state index contributed by atoms with van der Waals surface area (Å²) in [5.41, 5.74) is -1.30. The lowest BCUT2D eigenvalue weighted by Crippen LogP contribution is -2.43. The van der Waals surface area contributed by atoms with Crippen molar-refractivity contribution < 1.29 is 26.4 Å². The highest BCUT2D eigenvalue weighted by Gasteiger charge is 2.37. The first-order chi connectivity index (χ1) is 12.9. The molecule has 158 valence electrons. The number of alkyl halides is 3. The third-order valence-corrected chi connectivity index (χ3v) is 6.29. The van der Waals surface area contributed by atoms with Crippen LogP contribution in [0.15, 0.2) is 23.1 Å². The summed E-state index contributed by atoms with van der Waals surface area (Å²) in [5, 5.41) is -0.197. The summed E-state index contributed by atoms with van der Waals surface area (Å²) in [7, 11) is -0.996. The zero-order chi connectivity index (χ0) is 21.1. The van der Waals surface area contributed by atoms with E-state index in [0.29, 0.717) is 19.0 Å². The van der Waals surface area contributed by atoms with E-state index in [4.69, 9.17) is 11.6 Å². The molecule has 0 aromatic heterocycles. The van der Waals surface area contributed by atoms with Crippen molar-refractivity contribution in [2.75, 3.05) is 33.7 Å². The third-order valence-electron chi connectivity index (χ3n) is 4.54. The maximum atomic E-state index is 13.1. The third kappa shape index (κ3) is 5.59. The van der Waals surface area contributed by atoms with Crippen molar-refractivity contribution in [1.82, 2.24) is 14.5 Å². The Balaban J connectivity index is 1.99. The van der Waals surface area contributed by atoms with Crippen LogP contribution >= 0.6 is 11.6 Å². The van der Waals surface area contributed by atoms with Gasteiger partial charge in [-0.3, -0.25) is 9.69 Å². The molecule has 1 aliphatic heterocycles. The monoisotopic (exact) mass is 441 g/mol. The number of nitrogens with zero attached hydrogens (tertiary/aromatic N) is 2. The van der Waals surface area contributed by atoms with Crippen LogP contribution in [-0.2, 0) is 21.0 Å². The Morgan fingerprint density at radius 2 is 2.04 bits per heavy atom. The average Bonchev–Trinajstić information content (AvgIpc) is 3.05. The molecule has 1 heterocycles. The second-order valence-electron chi connectivity index (χ2n) is 6.82. The minimum Gasteiger partial charge on any atom is -0.347 e. The number of hydrogen-bond donors (Lipinski definition) is 1. The number of carbonyl (C=O) groups is 1. The van der Waals surface area contributed by atoms with Crippen LogP contribution in [0, 0.1) is 0 Å². The van der Waals surface area contributed by atoms with E-state index in [2.05, 4.69) is 4.72 Å². The van der Waals surface area contributed by atoms with E-state index in [0.717, 1.165) is 31.5 Å². The molecular weight excluding hydrogens is 419 g/mol. The van der Waals surface area contributed by atoms with Crippen LogP contribution in [-0.4, -0.2) is 63.9 Å². The second-order valence-corrected chi connectivity index (χ2v) is 8.99. The first-order valence-electron chi connectivity index (χ1n) is 8.75. The number of halogens is 4. The van der Waals surface area contributed by atoms with Crippen molar-refractivity contribution in [2.45, 2.75) is 36.4 Å². The largest absolute Gasteiger partial charge is 0.417 e.